The van der Waals surface area contributed by atoms with Gasteiger partial charge >= 0.3 is 12.1 Å². The number of nitrogens with zero attached hydrogens (tertiary/aromatic N) is 1. The molecule has 0 aliphatic heterocycles. The third-order valence-corrected chi connectivity index (χ3v) is 2.03. The first kappa shape index (κ1) is 14.7. The summed E-state index contributed by atoms with van der Waals surface area (Å²) in [7, 11) is 0. The first-order valence-corrected chi connectivity index (χ1v) is 5.07. The number of rotatable bonds is 4. The maximum absolute atomic E-state index is 11.8. The highest BCUT2D eigenvalue weighted by molar-refractivity contribution is 5.81. The number of nitro groups is 1. The summed E-state index contributed by atoms with van der Waals surface area (Å²) in [6.07, 6.45) is -2.27. The summed E-state index contributed by atoms with van der Waals surface area (Å²) in [6.45, 7) is -0.318. The Hall–Kier alpha value is -2.38. The van der Waals surface area contributed by atoms with Crippen LogP contribution in [0.5, 0.6) is 0 Å². The van der Waals surface area contributed by atoms with Crippen LogP contribution < -0.4 is 5.32 Å². The number of hydrogen-bond acceptors (Lipinski definition) is 3. The molecule has 0 unspecified atom stereocenters. The molecule has 0 aliphatic rings. The molecular formula is C11H9F3N2O3. The molecule has 0 aromatic heterocycles. The van der Waals surface area contributed by atoms with E-state index in [1.165, 1.54) is 30.4 Å². The molecule has 0 aliphatic carbocycles. The van der Waals surface area contributed by atoms with E-state index in [4.69, 9.17) is 0 Å². The van der Waals surface area contributed by atoms with E-state index in [0.717, 1.165) is 0 Å². The predicted octanol–water partition coefficient (Wildman–Crippen LogP) is 2.29. The van der Waals surface area contributed by atoms with Crippen LogP contribution in [0.25, 0.3) is 6.08 Å². The minimum atomic E-state index is -4.92. The molecule has 0 fully saturated rings. The highest BCUT2D eigenvalue weighted by atomic mass is 19.4. The lowest BCUT2D eigenvalue weighted by Gasteiger charge is -2.04. The molecular weight excluding hydrogens is 265 g/mol. The van der Waals surface area contributed by atoms with Crippen LogP contribution in [0.2, 0.25) is 0 Å². The maximum Gasteiger partial charge on any atom is 0.471 e. The molecule has 0 bridgehead atoms. The lowest BCUT2D eigenvalue weighted by Crippen LogP contribution is -2.36. The molecule has 1 aromatic carbocycles. The number of alkyl halides is 3. The van der Waals surface area contributed by atoms with E-state index < -0.39 is 17.0 Å². The Kier molecular flexibility index (Phi) is 4.62. The third-order valence-electron chi connectivity index (χ3n) is 2.03. The molecule has 102 valence electrons. The van der Waals surface area contributed by atoms with Gasteiger partial charge in [0, 0.05) is 18.7 Å². The molecule has 0 saturated heterocycles. The summed E-state index contributed by atoms with van der Waals surface area (Å²) in [5.41, 5.74) is 0.330. The zero-order valence-electron chi connectivity index (χ0n) is 9.48. The fourth-order valence-corrected chi connectivity index (χ4v) is 1.19. The minimum absolute atomic E-state index is 0.124. The SMILES string of the molecule is O=C(NCC=Cc1cccc([N+](=O)[O-])c1)C(F)(F)F. The quantitative estimate of drug-likeness (QED) is 0.676. The molecule has 0 radical (unpaired) electrons. The van der Waals surface area contributed by atoms with E-state index in [-0.39, 0.29) is 12.2 Å². The second-order valence-corrected chi connectivity index (χ2v) is 3.46. The largest absolute Gasteiger partial charge is 0.471 e. The predicted molar refractivity (Wildman–Crippen MR) is 61.2 cm³/mol. The zero-order valence-corrected chi connectivity index (χ0v) is 9.48. The lowest BCUT2D eigenvalue weighted by atomic mass is 10.2. The van der Waals surface area contributed by atoms with Gasteiger partial charge in [-0.05, 0) is 5.56 Å². The number of nitrogens with one attached hydrogen (secondary N) is 1. The molecule has 1 aromatic rings. The van der Waals surface area contributed by atoms with Gasteiger partial charge in [-0.3, -0.25) is 14.9 Å². The van der Waals surface area contributed by atoms with E-state index in [1.54, 1.807) is 11.4 Å². The van der Waals surface area contributed by atoms with Crippen molar-refractivity contribution in [1.82, 2.24) is 5.32 Å². The summed E-state index contributed by atoms with van der Waals surface area (Å²) < 4.78 is 35.5. The van der Waals surface area contributed by atoms with Crippen molar-refractivity contribution in [3.8, 4) is 0 Å². The van der Waals surface area contributed by atoms with Crippen LogP contribution in [0.15, 0.2) is 30.3 Å². The zero-order chi connectivity index (χ0) is 14.5. The van der Waals surface area contributed by atoms with E-state index in [1.807, 2.05) is 0 Å². The molecule has 0 saturated carbocycles. The van der Waals surface area contributed by atoms with E-state index in [9.17, 15) is 28.1 Å². The van der Waals surface area contributed by atoms with Gasteiger partial charge in [-0.25, -0.2) is 0 Å². The number of benzene rings is 1. The number of halogens is 3. The van der Waals surface area contributed by atoms with Gasteiger partial charge in [0.05, 0.1) is 4.92 Å². The average molecular weight is 274 g/mol. The second kappa shape index (κ2) is 5.98. The normalized spacial score (nSPS) is 11.5. The number of amides is 1. The molecule has 0 spiro atoms. The molecule has 0 atom stereocenters. The standard InChI is InChI=1S/C11H9F3N2O3/c12-11(13,14)10(17)15-6-2-4-8-3-1-5-9(7-8)16(18)19/h1-5,7H,6H2,(H,15,17). The van der Waals surface area contributed by atoms with Crippen LogP contribution in [-0.4, -0.2) is 23.6 Å². The number of hydrogen-bond donors (Lipinski definition) is 1. The topological polar surface area (TPSA) is 72.2 Å². The number of carbonyl (C=O) groups is 1. The van der Waals surface area contributed by atoms with Crippen molar-refractivity contribution < 1.29 is 22.9 Å². The van der Waals surface area contributed by atoms with Crippen LogP contribution >= 0.6 is 0 Å². The molecule has 0 heterocycles. The second-order valence-electron chi connectivity index (χ2n) is 3.46. The number of nitro benzene ring substituents is 1. The lowest BCUT2D eigenvalue weighted by molar-refractivity contribution is -0.384. The van der Waals surface area contributed by atoms with Gasteiger partial charge in [0.1, 0.15) is 0 Å². The van der Waals surface area contributed by atoms with Crippen LogP contribution in [-0.2, 0) is 4.79 Å². The summed E-state index contributed by atoms with van der Waals surface area (Å²) in [4.78, 5) is 20.4. The van der Waals surface area contributed by atoms with Crippen molar-refractivity contribution >= 4 is 17.7 Å². The Labute approximate surface area is 105 Å². The summed E-state index contributed by atoms with van der Waals surface area (Å²) >= 11 is 0. The van der Waals surface area contributed by atoms with Crippen molar-refractivity contribution in [3.05, 3.63) is 46.0 Å². The Morgan fingerprint density at radius 2 is 2.11 bits per heavy atom. The van der Waals surface area contributed by atoms with Crippen molar-refractivity contribution in [2.45, 2.75) is 6.18 Å². The molecule has 5 nitrogen and oxygen atoms in total. The Bertz CT molecular complexity index is 512. The van der Waals surface area contributed by atoms with Crippen LogP contribution in [0.3, 0.4) is 0 Å². The number of carbonyl (C=O) groups excluding carboxylic acids is 1. The summed E-state index contributed by atoms with van der Waals surface area (Å²) in [5.74, 6) is -2.03. The third kappa shape index (κ3) is 4.78. The van der Waals surface area contributed by atoms with Crippen LogP contribution in [0.4, 0.5) is 18.9 Å². The van der Waals surface area contributed by atoms with E-state index >= 15 is 0 Å². The van der Waals surface area contributed by atoms with E-state index in [2.05, 4.69) is 0 Å². The van der Waals surface area contributed by atoms with Gasteiger partial charge in [-0.1, -0.05) is 24.3 Å². The Morgan fingerprint density at radius 1 is 1.42 bits per heavy atom. The minimum Gasteiger partial charge on any atom is -0.345 e. The summed E-state index contributed by atoms with van der Waals surface area (Å²) in [6, 6.07) is 5.56. The fraction of sp³-hybridized carbons (Fsp3) is 0.182. The summed E-state index contributed by atoms with van der Waals surface area (Å²) in [5, 5.41) is 12.1. The Balaban J connectivity index is 2.56. The highest BCUT2D eigenvalue weighted by Gasteiger charge is 2.37. The maximum atomic E-state index is 11.8. The molecule has 1 N–H and O–H groups in total. The smallest absolute Gasteiger partial charge is 0.345 e. The molecule has 1 amide bonds. The average Bonchev–Trinajstić information content (AvgIpc) is 2.33. The van der Waals surface area contributed by atoms with Gasteiger partial charge in [-0.15, -0.1) is 0 Å². The monoisotopic (exact) mass is 274 g/mol. The van der Waals surface area contributed by atoms with Crippen LogP contribution in [0.1, 0.15) is 5.56 Å². The fourth-order valence-electron chi connectivity index (χ4n) is 1.19. The van der Waals surface area contributed by atoms with Gasteiger partial charge < -0.3 is 5.32 Å². The van der Waals surface area contributed by atoms with Gasteiger partial charge in [-0.2, -0.15) is 13.2 Å². The molecule has 8 heteroatoms. The van der Waals surface area contributed by atoms with E-state index in [0.29, 0.717) is 5.56 Å². The number of non-ortho nitro benzene ring substituents is 1. The van der Waals surface area contributed by atoms with Crippen molar-refractivity contribution in [2.75, 3.05) is 6.54 Å². The first-order chi connectivity index (χ1) is 8.80. The molecule has 1 rings (SSSR count). The van der Waals surface area contributed by atoms with Crippen LogP contribution in [0, 0.1) is 10.1 Å². The van der Waals surface area contributed by atoms with Crippen molar-refractivity contribution in [1.29, 1.82) is 0 Å². The van der Waals surface area contributed by atoms with Gasteiger partial charge in [0.15, 0.2) is 0 Å². The van der Waals surface area contributed by atoms with Gasteiger partial charge in [0.2, 0.25) is 0 Å². The molecule has 19 heavy (non-hydrogen) atoms. The first-order valence-electron chi connectivity index (χ1n) is 5.07. The van der Waals surface area contributed by atoms with Crippen molar-refractivity contribution in [3.63, 3.8) is 0 Å². The highest BCUT2D eigenvalue weighted by Crippen LogP contribution is 2.15. The Morgan fingerprint density at radius 3 is 2.68 bits per heavy atom. The van der Waals surface area contributed by atoms with Gasteiger partial charge in [0.25, 0.3) is 5.69 Å². The van der Waals surface area contributed by atoms with Crippen molar-refractivity contribution in [2.24, 2.45) is 0 Å².